The highest BCUT2D eigenvalue weighted by Gasteiger charge is 2.21. The number of amides is 1. The van der Waals surface area contributed by atoms with E-state index < -0.39 is 0 Å². The first-order valence-corrected chi connectivity index (χ1v) is 5.78. The highest BCUT2D eigenvalue weighted by molar-refractivity contribution is 5.94. The van der Waals surface area contributed by atoms with Gasteiger partial charge < -0.3 is 10.6 Å². The molecule has 0 radical (unpaired) electrons. The third kappa shape index (κ3) is 3.45. The van der Waals surface area contributed by atoms with Gasteiger partial charge in [-0.15, -0.1) is 12.4 Å². The summed E-state index contributed by atoms with van der Waals surface area (Å²) in [5.41, 5.74) is 7.81. The zero-order chi connectivity index (χ0) is 11.5. The highest BCUT2D eigenvalue weighted by atomic mass is 35.5. The Morgan fingerprint density at radius 2 is 2.00 bits per heavy atom. The summed E-state index contributed by atoms with van der Waals surface area (Å²) < 4.78 is 0. The molecule has 1 aliphatic heterocycles. The van der Waals surface area contributed by atoms with Gasteiger partial charge in [-0.3, -0.25) is 4.79 Å². The largest absolute Gasteiger partial charge is 0.337 e. The Labute approximate surface area is 108 Å². The van der Waals surface area contributed by atoms with Gasteiger partial charge in [0.2, 0.25) is 0 Å². The number of carbonyl (C=O) groups is 1. The molecule has 3 nitrogen and oxygen atoms in total. The van der Waals surface area contributed by atoms with Gasteiger partial charge in [-0.05, 0) is 31.9 Å². The molecule has 0 saturated carbocycles. The molecule has 1 fully saturated rings. The van der Waals surface area contributed by atoms with Crippen molar-refractivity contribution < 1.29 is 4.79 Å². The molecule has 1 unspecified atom stereocenters. The third-order valence-electron chi connectivity index (χ3n) is 3.04. The van der Waals surface area contributed by atoms with E-state index in [-0.39, 0.29) is 24.4 Å². The molecular formula is C13H19ClN2O. The lowest BCUT2D eigenvalue weighted by Crippen LogP contribution is -2.45. The van der Waals surface area contributed by atoms with Crippen LogP contribution in [0.2, 0.25) is 0 Å². The average molecular weight is 255 g/mol. The number of nitrogens with two attached hydrogens (primary N) is 1. The quantitative estimate of drug-likeness (QED) is 0.833. The van der Waals surface area contributed by atoms with Crippen LogP contribution in [0.1, 0.15) is 28.8 Å². The van der Waals surface area contributed by atoms with E-state index in [2.05, 4.69) is 0 Å². The van der Waals surface area contributed by atoms with Crippen molar-refractivity contribution in [3.8, 4) is 0 Å². The van der Waals surface area contributed by atoms with Gasteiger partial charge in [-0.1, -0.05) is 17.7 Å². The first kappa shape index (κ1) is 14.0. The lowest BCUT2D eigenvalue weighted by Gasteiger charge is -2.30. The molecule has 4 heteroatoms. The van der Waals surface area contributed by atoms with E-state index >= 15 is 0 Å². The minimum Gasteiger partial charge on any atom is -0.337 e. The molecule has 0 aliphatic carbocycles. The Bertz CT molecular complexity index is 378. The van der Waals surface area contributed by atoms with Gasteiger partial charge >= 0.3 is 0 Å². The minimum atomic E-state index is 0. The van der Waals surface area contributed by atoms with Crippen LogP contribution >= 0.6 is 12.4 Å². The monoisotopic (exact) mass is 254 g/mol. The number of rotatable bonds is 1. The van der Waals surface area contributed by atoms with Crippen molar-refractivity contribution in [1.29, 1.82) is 0 Å². The Balaban J connectivity index is 0.00000144. The molecule has 1 atom stereocenters. The second-order valence-electron chi connectivity index (χ2n) is 4.52. The number of piperidine rings is 1. The van der Waals surface area contributed by atoms with Gasteiger partial charge in [-0.2, -0.15) is 0 Å². The normalized spacial score (nSPS) is 19.6. The summed E-state index contributed by atoms with van der Waals surface area (Å²) in [6.45, 7) is 3.54. The predicted octanol–water partition coefficient (Wildman–Crippen LogP) is 1.98. The minimum absolute atomic E-state index is 0. The Hall–Kier alpha value is -1.06. The first-order chi connectivity index (χ1) is 7.66. The van der Waals surface area contributed by atoms with Crippen LogP contribution in [0.4, 0.5) is 0 Å². The fraction of sp³-hybridized carbons (Fsp3) is 0.462. The molecule has 94 valence electrons. The van der Waals surface area contributed by atoms with E-state index in [9.17, 15) is 4.79 Å². The Kier molecular flexibility index (Phi) is 4.97. The molecule has 1 aliphatic rings. The van der Waals surface area contributed by atoms with Crippen molar-refractivity contribution in [2.75, 3.05) is 13.1 Å². The van der Waals surface area contributed by atoms with Crippen LogP contribution in [-0.4, -0.2) is 29.9 Å². The smallest absolute Gasteiger partial charge is 0.253 e. The molecule has 1 amide bonds. The van der Waals surface area contributed by atoms with Crippen LogP contribution in [0.5, 0.6) is 0 Å². The molecular weight excluding hydrogens is 236 g/mol. The van der Waals surface area contributed by atoms with Crippen molar-refractivity contribution in [3.63, 3.8) is 0 Å². The number of hydrogen-bond donors (Lipinski definition) is 1. The van der Waals surface area contributed by atoms with E-state index in [0.717, 1.165) is 24.9 Å². The summed E-state index contributed by atoms with van der Waals surface area (Å²) in [4.78, 5) is 14.0. The lowest BCUT2D eigenvalue weighted by molar-refractivity contribution is 0.0709. The number of hydrogen-bond acceptors (Lipinski definition) is 2. The highest BCUT2D eigenvalue weighted by Crippen LogP contribution is 2.13. The van der Waals surface area contributed by atoms with Gasteiger partial charge in [0.1, 0.15) is 0 Å². The average Bonchev–Trinajstić information content (AvgIpc) is 2.29. The zero-order valence-corrected chi connectivity index (χ0v) is 10.9. The van der Waals surface area contributed by atoms with Crippen molar-refractivity contribution in [2.45, 2.75) is 25.8 Å². The van der Waals surface area contributed by atoms with Crippen LogP contribution in [0.3, 0.4) is 0 Å². The summed E-state index contributed by atoms with van der Waals surface area (Å²) in [5, 5.41) is 0. The lowest BCUT2D eigenvalue weighted by atomic mass is 10.0. The molecule has 2 N–H and O–H groups in total. The summed E-state index contributed by atoms with van der Waals surface area (Å²) in [5.74, 6) is 0.107. The van der Waals surface area contributed by atoms with Crippen LogP contribution < -0.4 is 5.73 Å². The SMILES string of the molecule is Cc1ccc(C(=O)N2CCCC(N)C2)cc1.Cl. The summed E-state index contributed by atoms with van der Waals surface area (Å²) in [6, 6.07) is 7.85. The number of halogens is 1. The third-order valence-corrected chi connectivity index (χ3v) is 3.04. The van der Waals surface area contributed by atoms with Gasteiger partial charge in [0.15, 0.2) is 0 Å². The van der Waals surface area contributed by atoms with Crippen LogP contribution in [0.25, 0.3) is 0 Å². The van der Waals surface area contributed by atoms with Crippen LogP contribution in [0.15, 0.2) is 24.3 Å². The second-order valence-corrected chi connectivity index (χ2v) is 4.52. The van der Waals surface area contributed by atoms with Crippen LogP contribution in [-0.2, 0) is 0 Å². The molecule has 0 bridgehead atoms. The molecule has 2 rings (SSSR count). The number of carbonyl (C=O) groups excluding carboxylic acids is 1. The van der Waals surface area contributed by atoms with E-state index in [1.165, 1.54) is 5.56 Å². The Morgan fingerprint density at radius 3 is 2.59 bits per heavy atom. The molecule has 1 saturated heterocycles. The molecule has 0 spiro atoms. The van der Waals surface area contributed by atoms with Crippen LogP contribution in [0, 0.1) is 6.92 Å². The molecule has 1 heterocycles. The molecule has 0 aromatic heterocycles. The molecule has 1 aromatic rings. The van der Waals surface area contributed by atoms with Gasteiger partial charge in [0, 0.05) is 24.7 Å². The maximum Gasteiger partial charge on any atom is 0.253 e. The van der Waals surface area contributed by atoms with Gasteiger partial charge in [0.05, 0.1) is 0 Å². The summed E-state index contributed by atoms with van der Waals surface area (Å²) in [6.07, 6.45) is 2.04. The van der Waals surface area contributed by atoms with Crippen molar-refractivity contribution >= 4 is 18.3 Å². The number of benzene rings is 1. The summed E-state index contributed by atoms with van der Waals surface area (Å²) in [7, 11) is 0. The topological polar surface area (TPSA) is 46.3 Å². The Morgan fingerprint density at radius 1 is 1.35 bits per heavy atom. The van der Waals surface area contributed by atoms with Crippen molar-refractivity contribution in [3.05, 3.63) is 35.4 Å². The summed E-state index contributed by atoms with van der Waals surface area (Å²) >= 11 is 0. The molecule has 17 heavy (non-hydrogen) atoms. The molecule has 1 aromatic carbocycles. The van der Waals surface area contributed by atoms with E-state index in [4.69, 9.17) is 5.73 Å². The van der Waals surface area contributed by atoms with Crippen molar-refractivity contribution in [2.24, 2.45) is 5.73 Å². The van der Waals surface area contributed by atoms with Gasteiger partial charge in [0.25, 0.3) is 5.91 Å². The first-order valence-electron chi connectivity index (χ1n) is 5.78. The predicted molar refractivity (Wildman–Crippen MR) is 71.5 cm³/mol. The number of aryl methyl sites for hydroxylation is 1. The number of likely N-dealkylation sites (tertiary alicyclic amines) is 1. The fourth-order valence-corrected chi connectivity index (χ4v) is 2.07. The van der Waals surface area contributed by atoms with E-state index in [1.54, 1.807) is 0 Å². The maximum atomic E-state index is 12.1. The second kappa shape index (κ2) is 6.03. The van der Waals surface area contributed by atoms with E-state index in [1.807, 2.05) is 36.1 Å². The maximum absolute atomic E-state index is 12.1. The number of nitrogens with zero attached hydrogens (tertiary/aromatic N) is 1. The fourth-order valence-electron chi connectivity index (χ4n) is 2.07. The zero-order valence-electron chi connectivity index (χ0n) is 10.1. The standard InChI is InChI=1S/C13H18N2O.ClH/c1-10-4-6-11(7-5-10)13(16)15-8-2-3-12(14)9-15;/h4-7,12H,2-3,8-9,14H2,1H3;1H. The van der Waals surface area contributed by atoms with Gasteiger partial charge in [-0.25, -0.2) is 0 Å². The van der Waals surface area contributed by atoms with E-state index in [0.29, 0.717) is 6.54 Å². The van der Waals surface area contributed by atoms with Crippen molar-refractivity contribution in [1.82, 2.24) is 4.90 Å².